The fourth-order valence-electron chi connectivity index (χ4n) is 3.30. The van der Waals surface area contributed by atoms with Gasteiger partial charge in [-0.25, -0.2) is 4.79 Å². The number of carbonyl (C=O) groups excluding carboxylic acids is 2. The molecule has 0 bridgehead atoms. The van der Waals surface area contributed by atoms with Gasteiger partial charge in [-0.15, -0.1) is 0 Å². The maximum atomic E-state index is 13.0. The third-order valence-corrected chi connectivity index (χ3v) is 5.58. The number of anilines is 1. The molecule has 2 aromatic carbocycles. The highest BCUT2D eigenvalue weighted by molar-refractivity contribution is 7.98. The van der Waals surface area contributed by atoms with Gasteiger partial charge in [0.05, 0.1) is 6.42 Å². The Balaban J connectivity index is 1.85. The van der Waals surface area contributed by atoms with Gasteiger partial charge in [-0.05, 0) is 59.4 Å². The molecule has 8 heteroatoms. The standard InChI is InChI=1S/C25H25N3O4S/c1-33-13-11-22(25(31)32)28-24(30)20-10-9-19(15-21(20)18-7-3-2-4-8-18)27-23(29)14-17-6-5-12-26-16-17/h2-10,12,15-16,22H,11,13-14H2,1H3,(H,27,29)(H,28,30)(H,31,32)/t22-/m0/s1. The smallest absolute Gasteiger partial charge is 0.326 e. The molecule has 1 aromatic heterocycles. The van der Waals surface area contributed by atoms with Crippen molar-refractivity contribution in [3.63, 3.8) is 0 Å². The van der Waals surface area contributed by atoms with Crippen molar-refractivity contribution in [1.82, 2.24) is 10.3 Å². The van der Waals surface area contributed by atoms with E-state index in [1.54, 1.807) is 36.7 Å². The molecule has 2 amide bonds. The topological polar surface area (TPSA) is 108 Å². The summed E-state index contributed by atoms with van der Waals surface area (Å²) in [5.74, 6) is -1.14. The number of pyridine rings is 1. The van der Waals surface area contributed by atoms with Gasteiger partial charge in [0.2, 0.25) is 5.91 Å². The highest BCUT2D eigenvalue weighted by Gasteiger charge is 2.22. The van der Waals surface area contributed by atoms with Crippen molar-refractivity contribution in [3.8, 4) is 11.1 Å². The van der Waals surface area contributed by atoms with Crippen molar-refractivity contribution in [3.05, 3.63) is 84.2 Å². The molecular formula is C25H25N3O4S. The Kier molecular flexibility index (Phi) is 8.60. The Morgan fingerprint density at radius 2 is 1.85 bits per heavy atom. The minimum atomic E-state index is -1.07. The molecular weight excluding hydrogens is 438 g/mol. The van der Waals surface area contributed by atoms with E-state index >= 15 is 0 Å². The first-order valence-corrected chi connectivity index (χ1v) is 11.8. The molecule has 1 atom stereocenters. The maximum Gasteiger partial charge on any atom is 0.326 e. The number of aromatic nitrogens is 1. The van der Waals surface area contributed by atoms with Crippen molar-refractivity contribution in [2.45, 2.75) is 18.9 Å². The SMILES string of the molecule is CSCC[C@H](NC(=O)c1ccc(NC(=O)Cc2cccnc2)cc1-c1ccccc1)C(=O)O. The molecule has 3 N–H and O–H groups in total. The van der Waals surface area contributed by atoms with E-state index in [0.717, 1.165) is 11.1 Å². The molecule has 0 aliphatic rings. The summed E-state index contributed by atoms with van der Waals surface area (Å²) in [6.45, 7) is 0. The highest BCUT2D eigenvalue weighted by atomic mass is 32.2. The molecule has 1 heterocycles. The molecule has 0 aliphatic heterocycles. The van der Waals surface area contributed by atoms with Gasteiger partial charge >= 0.3 is 5.97 Å². The fourth-order valence-corrected chi connectivity index (χ4v) is 3.77. The zero-order valence-electron chi connectivity index (χ0n) is 18.2. The number of aliphatic carboxylic acids is 1. The zero-order valence-corrected chi connectivity index (χ0v) is 19.0. The van der Waals surface area contributed by atoms with Gasteiger partial charge in [-0.3, -0.25) is 14.6 Å². The third kappa shape index (κ3) is 6.92. The van der Waals surface area contributed by atoms with Gasteiger partial charge in [-0.1, -0.05) is 36.4 Å². The Labute approximate surface area is 196 Å². The summed E-state index contributed by atoms with van der Waals surface area (Å²) in [6, 6.07) is 16.9. The average Bonchev–Trinajstić information content (AvgIpc) is 2.82. The summed E-state index contributed by atoms with van der Waals surface area (Å²) in [7, 11) is 0. The Hall–Kier alpha value is -3.65. The van der Waals surface area contributed by atoms with Gasteiger partial charge in [0.15, 0.2) is 0 Å². The Morgan fingerprint density at radius 3 is 2.52 bits per heavy atom. The van der Waals surface area contributed by atoms with Gasteiger partial charge < -0.3 is 15.7 Å². The second-order valence-electron chi connectivity index (χ2n) is 7.36. The van der Waals surface area contributed by atoms with Crippen LogP contribution in [0, 0.1) is 0 Å². The average molecular weight is 464 g/mol. The highest BCUT2D eigenvalue weighted by Crippen LogP contribution is 2.27. The van der Waals surface area contributed by atoms with Crippen molar-refractivity contribution < 1.29 is 19.5 Å². The minimum absolute atomic E-state index is 0.173. The van der Waals surface area contributed by atoms with Crippen LogP contribution in [0.2, 0.25) is 0 Å². The van der Waals surface area contributed by atoms with Crippen LogP contribution in [-0.4, -0.2) is 45.9 Å². The van der Waals surface area contributed by atoms with Crippen LogP contribution in [0.3, 0.4) is 0 Å². The molecule has 0 aliphatic carbocycles. The molecule has 7 nitrogen and oxygen atoms in total. The summed E-state index contributed by atoms with van der Waals surface area (Å²) in [6.07, 6.45) is 5.67. The summed E-state index contributed by atoms with van der Waals surface area (Å²) >= 11 is 1.52. The van der Waals surface area contributed by atoms with E-state index in [1.807, 2.05) is 42.7 Å². The lowest BCUT2D eigenvalue weighted by Gasteiger charge is -2.17. The first-order valence-electron chi connectivity index (χ1n) is 10.4. The molecule has 33 heavy (non-hydrogen) atoms. The van der Waals surface area contributed by atoms with Crippen molar-refractivity contribution in [1.29, 1.82) is 0 Å². The molecule has 3 rings (SSSR count). The largest absolute Gasteiger partial charge is 0.480 e. The van der Waals surface area contributed by atoms with Crippen LogP contribution in [0.25, 0.3) is 11.1 Å². The minimum Gasteiger partial charge on any atom is -0.480 e. The van der Waals surface area contributed by atoms with Crippen LogP contribution < -0.4 is 10.6 Å². The molecule has 3 aromatic rings. The second-order valence-corrected chi connectivity index (χ2v) is 8.34. The van der Waals surface area contributed by atoms with E-state index in [2.05, 4.69) is 15.6 Å². The molecule has 170 valence electrons. The number of amides is 2. The van der Waals surface area contributed by atoms with E-state index in [4.69, 9.17) is 0 Å². The Bertz CT molecular complexity index is 1110. The second kappa shape index (κ2) is 11.8. The molecule has 0 saturated carbocycles. The van der Waals surface area contributed by atoms with E-state index < -0.39 is 17.9 Å². The van der Waals surface area contributed by atoms with Crippen LogP contribution >= 0.6 is 11.8 Å². The summed E-state index contributed by atoms with van der Waals surface area (Å²) in [4.78, 5) is 41.1. The quantitative estimate of drug-likeness (QED) is 0.421. The van der Waals surface area contributed by atoms with Gasteiger partial charge in [0.25, 0.3) is 5.91 Å². The van der Waals surface area contributed by atoms with Crippen LogP contribution in [0.5, 0.6) is 0 Å². The zero-order chi connectivity index (χ0) is 23.6. The number of nitrogens with zero attached hydrogens (tertiary/aromatic N) is 1. The lowest BCUT2D eigenvalue weighted by molar-refractivity contribution is -0.139. The van der Waals surface area contributed by atoms with Crippen molar-refractivity contribution in [2.24, 2.45) is 0 Å². The van der Waals surface area contributed by atoms with Crippen molar-refractivity contribution >= 4 is 35.2 Å². The number of carbonyl (C=O) groups is 3. The summed E-state index contributed by atoms with van der Waals surface area (Å²) < 4.78 is 0. The van der Waals surface area contributed by atoms with Crippen molar-refractivity contribution in [2.75, 3.05) is 17.3 Å². The first kappa shape index (κ1) is 24.0. The van der Waals surface area contributed by atoms with Gasteiger partial charge in [-0.2, -0.15) is 11.8 Å². The van der Waals surface area contributed by atoms with E-state index in [-0.39, 0.29) is 12.3 Å². The summed E-state index contributed by atoms with van der Waals surface area (Å²) in [5.41, 5.74) is 3.04. The number of hydrogen-bond donors (Lipinski definition) is 3. The monoisotopic (exact) mass is 463 g/mol. The Morgan fingerprint density at radius 1 is 1.06 bits per heavy atom. The molecule has 0 unspecified atom stereocenters. The van der Waals surface area contributed by atoms with Crippen LogP contribution in [0.4, 0.5) is 5.69 Å². The third-order valence-electron chi connectivity index (χ3n) is 4.93. The number of rotatable bonds is 10. The normalized spacial score (nSPS) is 11.4. The molecule has 0 radical (unpaired) electrons. The van der Waals surface area contributed by atoms with Crippen LogP contribution in [-0.2, 0) is 16.0 Å². The lowest BCUT2D eigenvalue weighted by atomic mass is 9.98. The number of hydrogen-bond acceptors (Lipinski definition) is 5. The van der Waals surface area contributed by atoms with Gasteiger partial charge in [0.1, 0.15) is 6.04 Å². The number of benzene rings is 2. The molecule has 0 saturated heterocycles. The number of carboxylic acid groups (broad SMARTS) is 1. The van der Waals surface area contributed by atoms with Crippen LogP contribution in [0.1, 0.15) is 22.3 Å². The van der Waals surface area contributed by atoms with Gasteiger partial charge in [0, 0.05) is 23.6 Å². The maximum absolute atomic E-state index is 13.0. The number of nitrogens with one attached hydrogen (secondary N) is 2. The predicted octanol–water partition coefficient (Wildman–Crippen LogP) is 3.87. The van der Waals surface area contributed by atoms with Crippen LogP contribution in [0.15, 0.2) is 73.1 Å². The van der Waals surface area contributed by atoms with E-state index in [0.29, 0.717) is 29.0 Å². The molecule has 0 spiro atoms. The van der Waals surface area contributed by atoms with E-state index in [1.165, 1.54) is 11.8 Å². The number of carboxylic acids is 1. The predicted molar refractivity (Wildman–Crippen MR) is 130 cm³/mol. The fraction of sp³-hybridized carbons (Fsp3) is 0.200. The lowest BCUT2D eigenvalue weighted by Crippen LogP contribution is -2.41. The number of thioether (sulfide) groups is 1. The first-order chi connectivity index (χ1) is 16.0. The summed E-state index contributed by atoms with van der Waals surface area (Å²) in [5, 5.41) is 15.0. The van der Waals surface area contributed by atoms with E-state index in [9.17, 15) is 19.5 Å². The molecule has 0 fully saturated rings.